The van der Waals surface area contributed by atoms with Crippen LogP contribution >= 0.6 is 0 Å². The standard InChI is InChI=1S/C21H18O7/c1-23-11-5-15(25-3)13-9-19(27-17(13)7-11)21(22)20-10-14-16(26-4)6-12(24-2)8-18(14)28-20/h5-10H,1-4H3. The van der Waals surface area contributed by atoms with Gasteiger partial charge in [-0.05, 0) is 12.1 Å². The SMILES string of the molecule is COc1cc(OC)c2cc(C(=O)c3cc4c(OC)cc(OC)cc4o3)oc2c1. The zero-order valence-corrected chi connectivity index (χ0v) is 15.8. The fourth-order valence-corrected chi connectivity index (χ4v) is 3.08. The molecule has 0 unspecified atom stereocenters. The van der Waals surface area contributed by atoms with Gasteiger partial charge in [-0.1, -0.05) is 0 Å². The lowest BCUT2D eigenvalue weighted by molar-refractivity contribution is 0.0987. The van der Waals surface area contributed by atoms with E-state index in [1.165, 1.54) is 0 Å². The Morgan fingerprint density at radius 1 is 0.643 bits per heavy atom. The van der Waals surface area contributed by atoms with E-state index < -0.39 is 5.78 Å². The minimum atomic E-state index is -0.394. The molecule has 7 nitrogen and oxygen atoms in total. The molecule has 0 saturated carbocycles. The topological polar surface area (TPSA) is 80.3 Å². The van der Waals surface area contributed by atoms with E-state index in [1.807, 2.05) is 0 Å². The summed E-state index contributed by atoms with van der Waals surface area (Å²) in [6.07, 6.45) is 0. The van der Waals surface area contributed by atoms with Crippen LogP contribution in [0, 0.1) is 0 Å². The molecule has 2 aromatic heterocycles. The molecule has 0 fully saturated rings. The number of carbonyl (C=O) groups excluding carboxylic acids is 1. The highest BCUT2D eigenvalue weighted by molar-refractivity contribution is 6.10. The molecule has 0 spiro atoms. The van der Waals surface area contributed by atoms with E-state index in [0.29, 0.717) is 44.9 Å². The van der Waals surface area contributed by atoms with Crippen LogP contribution in [0.5, 0.6) is 23.0 Å². The first-order valence-electron chi connectivity index (χ1n) is 8.43. The summed E-state index contributed by atoms with van der Waals surface area (Å²) in [7, 11) is 6.18. The van der Waals surface area contributed by atoms with Gasteiger partial charge in [-0.15, -0.1) is 0 Å². The maximum Gasteiger partial charge on any atom is 0.263 e. The average Bonchev–Trinajstić information content (AvgIpc) is 3.35. The van der Waals surface area contributed by atoms with Gasteiger partial charge in [0.25, 0.3) is 5.78 Å². The van der Waals surface area contributed by atoms with Crippen LogP contribution in [-0.4, -0.2) is 34.2 Å². The molecular weight excluding hydrogens is 364 g/mol. The number of hydrogen-bond donors (Lipinski definition) is 0. The zero-order chi connectivity index (χ0) is 19.8. The van der Waals surface area contributed by atoms with Gasteiger partial charge in [0.2, 0.25) is 0 Å². The number of furan rings is 2. The molecule has 0 N–H and O–H groups in total. The molecule has 2 heterocycles. The number of hydrogen-bond acceptors (Lipinski definition) is 7. The van der Waals surface area contributed by atoms with Crippen molar-refractivity contribution < 1.29 is 32.6 Å². The molecule has 4 aromatic rings. The second-order valence-electron chi connectivity index (χ2n) is 6.03. The minimum Gasteiger partial charge on any atom is -0.496 e. The number of fused-ring (bicyclic) bond motifs is 2. The molecule has 28 heavy (non-hydrogen) atoms. The Kier molecular flexibility index (Phi) is 4.35. The molecule has 0 saturated heterocycles. The van der Waals surface area contributed by atoms with Crippen LogP contribution < -0.4 is 18.9 Å². The number of carbonyl (C=O) groups is 1. The Hall–Kier alpha value is -3.61. The Bertz CT molecular complexity index is 1090. The summed E-state index contributed by atoms with van der Waals surface area (Å²) in [5.74, 6) is 2.10. The van der Waals surface area contributed by atoms with E-state index in [1.54, 1.807) is 64.8 Å². The third kappa shape index (κ3) is 2.81. The highest BCUT2D eigenvalue weighted by Crippen LogP contribution is 2.36. The summed E-state index contributed by atoms with van der Waals surface area (Å²) in [6, 6.07) is 10.1. The van der Waals surface area contributed by atoms with Gasteiger partial charge in [0.05, 0.1) is 39.2 Å². The molecule has 2 aromatic carbocycles. The van der Waals surface area contributed by atoms with Crippen LogP contribution in [0.15, 0.2) is 45.2 Å². The molecule has 0 aliphatic heterocycles. The van der Waals surface area contributed by atoms with E-state index >= 15 is 0 Å². The van der Waals surface area contributed by atoms with Gasteiger partial charge in [-0.2, -0.15) is 0 Å². The summed E-state index contributed by atoms with van der Waals surface area (Å²) in [4.78, 5) is 13.0. The predicted octanol–water partition coefficient (Wildman–Crippen LogP) is 4.44. The second kappa shape index (κ2) is 6.84. The number of rotatable bonds is 6. The normalized spacial score (nSPS) is 11.0. The summed E-state index contributed by atoms with van der Waals surface area (Å²) in [6.45, 7) is 0. The lowest BCUT2D eigenvalue weighted by Crippen LogP contribution is -1.96. The Morgan fingerprint density at radius 2 is 1.07 bits per heavy atom. The smallest absolute Gasteiger partial charge is 0.263 e. The van der Waals surface area contributed by atoms with Crippen LogP contribution in [-0.2, 0) is 0 Å². The fraction of sp³-hybridized carbons (Fsp3) is 0.190. The van der Waals surface area contributed by atoms with Crippen LogP contribution in [0.2, 0.25) is 0 Å². The van der Waals surface area contributed by atoms with Gasteiger partial charge in [-0.3, -0.25) is 4.79 Å². The maximum absolute atomic E-state index is 13.0. The van der Waals surface area contributed by atoms with Gasteiger partial charge in [-0.25, -0.2) is 0 Å². The van der Waals surface area contributed by atoms with Crippen molar-refractivity contribution in [3.8, 4) is 23.0 Å². The summed E-state index contributed by atoms with van der Waals surface area (Å²) in [5.41, 5.74) is 0.963. The highest BCUT2D eigenvalue weighted by atomic mass is 16.5. The van der Waals surface area contributed by atoms with Crippen LogP contribution in [0.25, 0.3) is 21.9 Å². The number of benzene rings is 2. The Labute approximate surface area is 160 Å². The molecule has 0 aliphatic carbocycles. The monoisotopic (exact) mass is 382 g/mol. The van der Waals surface area contributed by atoms with Gasteiger partial charge in [0, 0.05) is 24.3 Å². The van der Waals surface area contributed by atoms with Crippen molar-refractivity contribution in [3.05, 3.63) is 47.9 Å². The van der Waals surface area contributed by atoms with E-state index in [4.69, 9.17) is 27.8 Å². The van der Waals surface area contributed by atoms with Crippen LogP contribution in [0.4, 0.5) is 0 Å². The first kappa shape index (κ1) is 17.8. The van der Waals surface area contributed by atoms with Crippen molar-refractivity contribution in [2.45, 2.75) is 0 Å². The molecule has 0 bridgehead atoms. The van der Waals surface area contributed by atoms with Gasteiger partial charge >= 0.3 is 0 Å². The third-order valence-electron chi connectivity index (χ3n) is 4.50. The molecule has 0 amide bonds. The van der Waals surface area contributed by atoms with Crippen molar-refractivity contribution in [2.75, 3.05) is 28.4 Å². The molecule has 0 atom stereocenters. The Balaban J connectivity index is 1.81. The van der Waals surface area contributed by atoms with Gasteiger partial charge in [0.15, 0.2) is 11.5 Å². The summed E-state index contributed by atoms with van der Waals surface area (Å²) in [5, 5.41) is 1.34. The molecular formula is C21H18O7. The highest BCUT2D eigenvalue weighted by Gasteiger charge is 2.22. The largest absolute Gasteiger partial charge is 0.496 e. The minimum absolute atomic E-state index is 0.131. The molecule has 144 valence electrons. The first-order valence-corrected chi connectivity index (χ1v) is 8.43. The molecule has 0 aliphatic rings. The third-order valence-corrected chi connectivity index (χ3v) is 4.50. The summed E-state index contributed by atoms with van der Waals surface area (Å²) < 4.78 is 32.7. The van der Waals surface area contributed by atoms with E-state index in [2.05, 4.69) is 0 Å². The van der Waals surface area contributed by atoms with Crippen molar-refractivity contribution in [2.24, 2.45) is 0 Å². The maximum atomic E-state index is 13.0. The number of methoxy groups -OCH3 is 4. The van der Waals surface area contributed by atoms with E-state index in [0.717, 1.165) is 0 Å². The first-order chi connectivity index (χ1) is 13.6. The van der Waals surface area contributed by atoms with Crippen molar-refractivity contribution in [1.29, 1.82) is 0 Å². The summed E-state index contributed by atoms with van der Waals surface area (Å²) >= 11 is 0. The van der Waals surface area contributed by atoms with Crippen LogP contribution in [0.3, 0.4) is 0 Å². The van der Waals surface area contributed by atoms with Crippen LogP contribution in [0.1, 0.15) is 16.3 Å². The average molecular weight is 382 g/mol. The lowest BCUT2D eigenvalue weighted by Gasteiger charge is -2.04. The van der Waals surface area contributed by atoms with Gasteiger partial charge < -0.3 is 27.8 Å². The predicted molar refractivity (Wildman–Crippen MR) is 102 cm³/mol. The lowest BCUT2D eigenvalue weighted by atomic mass is 10.1. The fourth-order valence-electron chi connectivity index (χ4n) is 3.08. The van der Waals surface area contributed by atoms with E-state index in [9.17, 15) is 4.79 Å². The number of ether oxygens (including phenoxy) is 4. The second-order valence-corrected chi connectivity index (χ2v) is 6.03. The molecule has 7 heteroatoms. The molecule has 0 radical (unpaired) electrons. The quantitative estimate of drug-likeness (QED) is 0.456. The van der Waals surface area contributed by atoms with Crippen molar-refractivity contribution in [3.63, 3.8) is 0 Å². The van der Waals surface area contributed by atoms with Gasteiger partial charge in [0.1, 0.15) is 34.2 Å². The van der Waals surface area contributed by atoms with E-state index in [-0.39, 0.29) is 11.5 Å². The van der Waals surface area contributed by atoms with Crippen molar-refractivity contribution >= 4 is 27.7 Å². The molecule has 4 rings (SSSR count). The Morgan fingerprint density at radius 3 is 1.43 bits per heavy atom. The van der Waals surface area contributed by atoms with Crippen molar-refractivity contribution in [1.82, 2.24) is 0 Å². The zero-order valence-electron chi connectivity index (χ0n) is 15.8. The number of ketones is 1.